The second-order valence-corrected chi connectivity index (χ2v) is 5.22. The van der Waals surface area contributed by atoms with Gasteiger partial charge in [-0.25, -0.2) is 0 Å². The molecule has 0 aliphatic heterocycles. The van der Waals surface area contributed by atoms with Crippen molar-refractivity contribution in [3.8, 4) is 0 Å². The van der Waals surface area contributed by atoms with Crippen molar-refractivity contribution in [3.05, 3.63) is 71.8 Å². The van der Waals surface area contributed by atoms with Crippen LogP contribution >= 0.6 is 0 Å². The maximum absolute atomic E-state index is 12.4. The Kier molecular flexibility index (Phi) is 6.98. The normalized spacial score (nSPS) is 11.5. The Morgan fingerprint density at radius 1 is 0.958 bits per heavy atom. The number of carbonyl (C=O) groups is 2. The number of carbonyl (C=O) groups excluding carboxylic acids is 2. The van der Waals surface area contributed by atoms with Crippen molar-refractivity contribution in [1.29, 1.82) is 0 Å². The zero-order valence-corrected chi connectivity index (χ0v) is 13.6. The number of hydrogen-bond acceptors (Lipinski definition) is 4. The van der Waals surface area contributed by atoms with E-state index in [0.717, 1.165) is 5.56 Å². The predicted molar refractivity (Wildman–Crippen MR) is 90.5 cm³/mol. The van der Waals surface area contributed by atoms with Crippen molar-refractivity contribution in [1.82, 2.24) is 5.32 Å². The standard InChI is InChI=1S/C19H21NO4/c1-23-12-13-24-18(21)14-17(15-8-4-2-5-9-15)20-19(22)16-10-6-3-7-11-16/h2-11,17H,12-14H2,1H3,(H,20,22)/t17-/m1/s1. The van der Waals surface area contributed by atoms with Crippen LogP contribution in [0.15, 0.2) is 60.7 Å². The van der Waals surface area contributed by atoms with Crippen molar-refractivity contribution in [2.75, 3.05) is 20.3 Å². The predicted octanol–water partition coefficient (Wildman–Crippen LogP) is 2.74. The number of amides is 1. The van der Waals surface area contributed by atoms with Crippen molar-refractivity contribution in [3.63, 3.8) is 0 Å². The Labute approximate surface area is 141 Å². The molecule has 0 saturated carbocycles. The molecule has 0 aliphatic carbocycles. The average Bonchev–Trinajstić information content (AvgIpc) is 2.63. The number of ether oxygens (including phenoxy) is 2. The minimum atomic E-state index is -0.450. The molecule has 126 valence electrons. The number of rotatable bonds is 8. The van der Waals surface area contributed by atoms with Gasteiger partial charge in [-0.2, -0.15) is 0 Å². The van der Waals surface area contributed by atoms with Gasteiger partial charge in [-0.15, -0.1) is 0 Å². The highest BCUT2D eigenvalue weighted by atomic mass is 16.6. The molecule has 0 aromatic heterocycles. The molecule has 24 heavy (non-hydrogen) atoms. The van der Waals surface area contributed by atoms with Crippen molar-refractivity contribution < 1.29 is 19.1 Å². The van der Waals surface area contributed by atoms with E-state index in [9.17, 15) is 9.59 Å². The summed E-state index contributed by atoms with van der Waals surface area (Å²) in [6.07, 6.45) is 0.0618. The van der Waals surface area contributed by atoms with Gasteiger partial charge in [-0.1, -0.05) is 48.5 Å². The van der Waals surface area contributed by atoms with Crippen LogP contribution in [-0.2, 0) is 14.3 Å². The van der Waals surface area contributed by atoms with Gasteiger partial charge >= 0.3 is 5.97 Å². The second kappa shape index (κ2) is 9.47. The molecule has 1 atom stereocenters. The lowest BCUT2D eigenvalue weighted by Crippen LogP contribution is -2.30. The monoisotopic (exact) mass is 327 g/mol. The van der Waals surface area contributed by atoms with E-state index < -0.39 is 6.04 Å². The van der Waals surface area contributed by atoms with Crippen LogP contribution in [0.25, 0.3) is 0 Å². The van der Waals surface area contributed by atoms with Crippen LogP contribution in [0.2, 0.25) is 0 Å². The van der Waals surface area contributed by atoms with Crippen LogP contribution in [0.3, 0.4) is 0 Å². The summed E-state index contributed by atoms with van der Waals surface area (Å²) >= 11 is 0. The van der Waals surface area contributed by atoms with Gasteiger partial charge in [0.2, 0.25) is 0 Å². The third-order valence-electron chi connectivity index (χ3n) is 3.46. The first kappa shape index (κ1) is 17.7. The molecule has 2 aromatic rings. The van der Waals surface area contributed by atoms with Gasteiger partial charge in [0.25, 0.3) is 5.91 Å². The number of methoxy groups -OCH3 is 1. The molecule has 2 rings (SSSR count). The second-order valence-electron chi connectivity index (χ2n) is 5.22. The minimum absolute atomic E-state index is 0.0618. The maximum Gasteiger partial charge on any atom is 0.308 e. The van der Waals surface area contributed by atoms with E-state index >= 15 is 0 Å². The van der Waals surface area contributed by atoms with Gasteiger partial charge in [0.05, 0.1) is 19.1 Å². The number of hydrogen-bond donors (Lipinski definition) is 1. The largest absolute Gasteiger partial charge is 0.463 e. The molecule has 0 heterocycles. The number of benzene rings is 2. The maximum atomic E-state index is 12.4. The molecule has 0 fully saturated rings. The number of esters is 1. The van der Waals surface area contributed by atoms with Gasteiger partial charge in [-0.3, -0.25) is 9.59 Å². The molecule has 0 unspecified atom stereocenters. The van der Waals surface area contributed by atoms with Crippen molar-refractivity contribution in [2.45, 2.75) is 12.5 Å². The summed E-state index contributed by atoms with van der Waals surface area (Å²) in [5.74, 6) is -0.608. The van der Waals surface area contributed by atoms with Crippen molar-refractivity contribution >= 4 is 11.9 Å². The third kappa shape index (κ3) is 5.52. The Morgan fingerprint density at radius 2 is 1.58 bits per heavy atom. The Morgan fingerprint density at radius 3 is 2.21 bits per heavy atom. The highest BCUT2D eigenvalue weighted by molar-refractivity contribution is 5.94. The zero-order valence-electron chi connectivity index (χ0n) is 13.6. The van der Waals surface area contributed by atoms with Crippen LogP contribution in [0.1, 0.15) is 28.4 Å². The quantitative estimate of drug-likeness (QED) is 0.598. The summed E-state index contributed by atoms with van der Waals surface area (Å²) in [5, 5.41) is 2.90. The molecule has 0 radical (unpaired) electrons. The van der Waals surface area contributed by atoms with E-state index in [1.54, 1.807) is 31.4 Å². The minimum Gasteiger partial charge on any atom is -0.463 e. The summed E-state index contributed by atoms with van der Waals surface area (Å²) < 4.78 is 9.96. The van der Waals surface area contributed by atoms with Crippen LogP contribution in [-0.4, -0.2) is 32.2 Å². The van der Waals surface area contributed by atoms with Gasteiger partial charge in [0.15, 0.2) is 0 Å². The van der Waals surface area contributed by atoms with E-state index in [1.165, 1.54) is 0 Å². The van der Waals surface area contributed by atoms with E-state index in [2.05, 4.69) is 5.32 Å². The molecule has 0 saturated heterocycles. The molecule has 0 bridgehead atoms. The number of nitrogens with one attached hydrogen (secondary N) is 1. The summed E-state index contributed by atoms with van der Waals surface area (Å²) in [7, 11) is 1.54. The Hall–Kier alpha value is -2.66. The topological polar surface area (TPSA) is 64.6 Å². The van der Waals surface area contributed by atoms with Crippen LogP contribution < -0.4 is 5.32 Å². The lowest BCUT2D eigenvalue weighted by Gasteiger charge is -2.18. The smallest absolute Gasteiger partial charge is 0.308 e. The van der Waals surface area contributed by atoms with E-state index in [1.807, 2.05) is 36.4 Å². The van der Waals surface area contributed by atoms with E-state index in [0.29, 0.717) is 12.2 Å². The lowest BCUT2D eigenvalue weighted by atomic mass is 10.0. The summed E-state index contributed by atoms with van der Waals surface area (Å²) in [4.78, 5) is 24.4. The molecule has 1 amide bonds. The fourth-order valence-corrected chi connectivity index (χ4v) is 2.23. The molecule has 0 spiro atoms. The van der Waals surface area contributed by atoms with Crippen LogP contribution in [0.5, 0.6) is 0 Å². The van der Waals surface area contributed by atoms with Crippen LogP contribution in [0, 0.1) is 0 Å². The SMILES string of the molecule is COCCOC(=O)C[C@@H](NC(=O)c1ccccc1)c1ccccc1. The average molecular weight is 327 g/mol. The first-order chi connectivity index (χ1) is 11.7. The Balaban J connectivity index is 2.06. The molecule has 0 aliphatic rings. The lowest BCUT2D eigenvalue weighted by molar-refractivity contribution is -0.145. The summed E-state index contributed by atoms with van der Waals surface area (Å²) in [5.41, 5.74) is 1.40. The highest BCUT2D eigenvalue weighted by Crippen LogP contribution is 2.18. The van der Waals surface area contributed by atoms with Gasteiger partial charge in [0.1, 0.15) is 6.61 Å². The fourth-order valence-electron chi connectivity index (χ4n) is 2.23. The first-order valence-corrected chi connectivity index (χ1v) is 7.76. The Bertz CT molecular complexity index is 643. The van der Waals surface area contributed by atoms with Gasteiger partial charge in [0, 0.05) is 12.7 Å². The molecule has 5 nitrogen and oxygen atoms in total. The fraction of sp³-hybridized carbons (Fsp3) is 0.263. The van der Waals surface area contributed by atoms with Gasteiger partial charge < -0.3 is 14.8 Å². The molecule has 1 N–H and O–H groups in total. The highest BCUT2D eigenvalue weighted by Gasteiger charge is 2.19. The van der Waals surface area contributed by atoms with E-state index in [4.69, 9.17) is 9.47 Å². The molecule has 2 aromatic carbocycles. The molecular formula is C19H21NO4. The summed E-state index contributed by atoms with van der Waals surface area (Å²) in [6.45, 7) is 0.543. The third-order valence-corrected chi connectivity index (χ3v) is 3.46. The van der Waals surface area contributed by atoms with Gasteiger partial charge in [-0.05, 0) is 17.7 Å². The van der Waals surface area contributed by atoms with Crippen LogP contribution in [0.4, 0.5) is 0 Å². The zero-order chi connectivity index (χ0) is 17.2. The molecule has 5 heteroatoms. The van der Waals surface area contributed by atoms with E-state index in [-0.39, 0.29) is 24.9 Å². The summed E-state index contributed by atoms with van der Waals surface area (Å²) in [6, 6.07) is 17.8. The molecular weight excluding hydrogens is 306 g/mol. The first-order valence-electron chi connectivity index (χ1n) is 7.76. The van der Waals surface area contributed by atoms with Crippen molar-refractivity contribution in [2.24, 2.45) is 0 Å².